The molecule has 0 N–H and O–H groups in total. The maximum atomic E-state index is 13.6. The van der Waals surface area contributed by atoms with Gasteiger partial charge in [-0.25, -0.2) is 13.7 Å². The van der Waals surface area contributed by atoms with E-state index in [2.05, 4.69) is 20.5 Å². The fraction of sp³-hybridized carbons (Fsp3) is 0.158. The highest BCUT2D eigenvalue weighted by molar-refractivity contribution is 6.30. The molecule has 3 aromatic rings. The first-order chi connectivity index (χ1) is 14.9. The van der Waals surface area contributed by atoms with E-state index in [0.717, 1.165) is 23.1 Å². The Morgan fingerprint density at radius 1 is 1.03 bits per heavy atom. The number of carbonyl (C=O) groups is 2. The number of benzene rings is 2. The Hall–Kier alpha value is -3.73. The van der Waals surface area contributed by atoms with Crippen molar-refractivity contribution in [1.29, 1.82) is 0 Å². The summed E-state index contributed by atoms with van der Waals surface area (Å²) in [5.41, 5.74) is 0.596. The molecule has 31 heavy (non-hydrogen) atoms. The Kier molecular flexibility index (Phi) is 4.47. The molecule has 2 atom stereocenters. The van der Waals surface area contributed by atoms with E-state index in [1.807, 2.05) is 0 Å². The number of rotatable bonds is 4. The summed E-state index contributed by atoms with van der Waals surface area (Å²) in [5, 5.41) is 13.4. The summed E-state index contributed by atoms with van der Waals surface area (Å²) in [6.07, 6.45) is 0. The minimum absolute atomic E-state index is 0.0735. The third-order valence-corrected chi connectivity index (χ3v) is 5.14. The van der Waals surface area contributed by atoms with E-state index in [1.54, 1.807) is 24.3 Å². The summed E-state index contributed by atoms with van der Waals surface area (Å²) < 4.78 is 32.0. The number of halogens is 3. The van der Waals surface area contributed by atoms with E-state index in [1.165, 1.54) is 5.01 Å². The van der Waals surface area contributed by atoms with E-state index in [0.29, 0.717) is 16.4 Å². The molecular weight excluding hydrogens is 434 g/mol. The summed E-state index contributed by atoms with van der Waals surface area (Å²) in [5.74, 6) is -3.14. The van der Waals surface area contributed by atoms with Gasteiger partial charge in [-0.3, -0.25) is 14.6 Å². The van der Waals surface area contributed by atoms with Crippen LogP contribution in [0.25, 0.3) is 11.4 Å². The lowest BCUT2D eigenvalue weighted by Crippen LogP contribution is -2.39. The van der Waals surface area contributed by atoms with Gasteiger partial charge < -0.3 is 4.52 Å². The Morgan fingerprint density at radius 3 is 2.55 bits per heavy atom. The van der Waals surface area contributed by atoms with Gasteiger partial charge >= 0.3 is 0 Å². The first-order valence-electron chi connectivity index (χ1n) is 9.01. The minimum Gasteiger partial charge on any atom is -0.337 e. The average Bonchev–Trinajstić information content (AvgIpc) is 3.44. The van der Waals surface area contributed by atoms with Gasteiger partial charge in [0.05, 0.1) is 5.69 Å². The summed E-state index contributed by atoms with van der Waals surface area (Å²) in [7, 11) is 0. The van der Waals surface area contributed by atoms with E-state index in [4.69, 9.17) is 16.1 Å². The van der Waals surface area contributed by atoms with E-state index >= 15 is 0 Å². The molecule has 2 aliphatic rings. The zero-order chi connectivity index (χ0) is 21.7. The lowest BCUT2D eigenvalue weighted by Gasteiger charge is -2.19. The molecule has 1 aromatic heterocycles. The largest absolute Gasteiger partial charge is 0.337 e. The lowest BCUT2D eigenvalue weighted by atomic mass is 10.1. The topological polar surface area (TPSA) is 104 Å². The molecule has 0 saturated carbocycles. The highest BCUT2D eigenvalue weighted by atomic mass is 35.5. The van der Waals surface area contributed by atoms with Gasteiger partial charge in [-0.1, -0.05) is 22.0 Å². The summed E-state index contributed by atoms with van der Waals surface area (Å²) in [6.45, 7) is -0.0735. The molecule has 2 aliphatic heterocycles. The molecule has 0 spiro atoms. The normalized spacial score (nSPS) is 20.1. The predicted molar refractivity (Wildman–Crippen MR) is 102 cm³/mol. The number of nitrogens with zero attached hydrogens (tertiary/aromatic N) is 6. The quantitative estimate of drug-likeness (QED) is 0.572. The second kappa shape index (κ2) is 7.20. The van der Waals surface area contributed by atoms with E-state index < -0.39 is 35.5 Å². The van der Waals surface area contributed by atoms with Crippen molar-refractivity contribution in [3.05, 3.63) is 65.0 Å². The predicted octanol–water partition coefficient (Wildman–Crippen LogP) is 3.16. The highest BCUT2D eigenvalue weighted by Gasteiger charge is 2.55. The van der Waals surface area contributed by atoms with Crippen molar-refractivity contribution in [2.75, 3.05) is 4.90 Å². The van der Waals surface area contributed by atoms with Crippen LogP contribution >= 0.6 is 11.6 Å². The van der Waals surface area contributed by atoms with Gasteiger partial charge in [0, 0.05) is 16.7 Å². The van der Waals surface area contributed by atoms with Crippen LogP contribution in [0, 0.1) is 11.6 Å². The second-order valence-corrected chi connectivity index (χ2v) is 7.26. The number of fused-ring (bicyclic) bond motifs is 1. The van der Waals surface area contributed by atoms with Gasteiger partial charge in [0.15, 0.2) is 23.7 Å². The summed E-state index contributed by atoms with van der Waals surface area (Å²) >= 11 is 5.87. The first-order valence-corrected chi connectivity index (χ1v) is 9.39. The van der Waals surface area contributed by atoms with Crippen LogP contribution in [-0.4, -0.2) is 39.0 Å². The molecule has 1 saturated heterocycles. The van der Waals surface area contributed by atoms with Crippen LogP contribution < -0.4 is 4.90 Å². The number of anilines is 1. The maximum Gasteiger partial charge on any atom is 0.263 e. The van der Waals surface area contributed by atoms with Crippen molar-refractivity contribution in [2.45, 2.75) is 18.6 Å². The Morgan fingerprint density at radius 2 is 1.81 bits per heavy atom. The van der Waals surface area contributed by atoms with Gasteiger partial charge in [-0.05, 0) is 36.4 Å². The minimum atomic E-state index is -1.17. The SMILES string of the molecule is O=C1[C@H]2N=NN(Cc3nc(-c4ccc(Cl)cc4)no3)[C@@H]2C(=O)N1c1ccc(F)c(F)c1. The fourth-order valence-corrected chi connectivity index (χ4v) is 3.53. The first kappa shape index (κ1) is 19.2. The van der Waals surface area contributed by atoms with Gasteiger partial charge in [0.1, 0.15) is 6.54 Å². The molecule has 9 nitrogen and oxygen atoms in total. The zero-order valence-corrected chi connectivity index (χ0v) is 16.2. The van der Waals surface area contributed by atoms with Crippen LogP contribution in [0.1, 0.15) is 5.89 Å². The van der Waals surface area contributed by atoms with Crippen molar-refractivity contribution in [3.8, 4) is 11.4 Å². The molecule has 1 fully saturated rings. The standard InChI is InChI=1S/C19H11ClF2N6O3/c20-10-3-1-9(2-4-10)17-23-14(31-25-17)8-27-16-15(24-26-27)18(29)28(19(16)30)11-5-6-12(21)13(22)7-11/h1-7,15-16H,8H2/t15-,16-/m0/s1. The average molecular weight is 445 g/mol. The molecule has 0 radical (unpaired) electrons. The Labute approximate surface area is 177 Å². The molecule has 12 heteroatoms. The van der Waals surface area contributed by atoms with Crippen LogP contribution in [0.5, 0.6) is 0 Å². The number of aromatic nitrogens is 2. The molecule has 5 rings (SSSR count). The van der Waals surface area contributed by atoms with Crippen LogP contribution in [0.15, 0.2) is 57.3 Å². The van der Waals surface area contributed by atoms with E-state index in [-0.39, 0.29) is 18.1 Å². The van der Waals surface area contributed by atoms with Gasteiger partial charge in [0.25, 0.3) is 11.8 Å². The monoisotopic (exact) mass is 444 g/mol. The number of carbonyl (C=O) groups excluding carboxylic acids is 2. The summed E-state index contributed by atoms with van der Waals surface area (Å²) in [6, 6.07) is 7.44. The molecule has 2 aromatic carbocycles. The van der Waals surface area contributed by atoms with Crippen molar-refractivity contribution < 1.29 is 22.9 Å². The van der Waals surface area contributed by atoms with Gasteiger partial charge in [-0.2, -0.15) is 10.1 Å². The third kappa shape index (κ3) is 3.22. The van der Waals surface area contributed by atoms with Crippen molar-refractivity contribution >= 4 is 29.1 Å². The Balaban J connectivity index is 1.36. The van der Waals surface area contributed by atoms with E-state index in [9.17, 15) is 18.4 Å². The van der Waals surface area contributed by atoms with Gasteiger partial charge in [0.2, 0.25) is 11.7 Å². The smallest absolute Gasteiger partial charge is 0.263 e. The van der Waals surface area contributed by atoms with Crippen molar-refractivity contribution in [2.24, 2.45) is 10.3 Å². The Bertz CT molecular complexity index is 1230. The third-order valence-electron chi connectivity index (χ3n) is 4.89. The van der Waals surface area contributed by atoms with Gasteiger partial charge in [-0.15, -0.1) is 0 Å². The molecule has 0 unspecified atom stereocenters. The molecule has 0 aliphatic carbocycles. The fourth-order valence-electron chi connectivity index (χ4n) is 3.41. The van der Waals surface area contributed by atoms with Crippen LogP contribution in [-0.2, 0) is 16.1 Å². The molecule has 0 bridgehead atoms. The molecular formula is C19H11ClF2N6O3. The van der Waals surface area contributed by atoms with Crippen LogP contribution in [0.3, 0.4) is 0 Å². The summed E-state index contributed by atoms with van der Waals surface area (Å²) in [4.78, 5) is 30.6. The second-order valence-electron chi connectivity index (χ2n) is 6.82. The molecule has 156 valence electrons. The number of amides is 2. The van der Waals surface area contributed by atoms with Crippen molar-refractivity contribution in [3.63, 3.8) is 0 Å². The highest BCUT2D eigenvalue weighted by Crippen LogP contribution is 2.33. The lowest BCUT2D eigenvalue weighted by molar-refractivity contribution is -0.123. The van der Waals surface area contributed by atoms with Crippen LogP contribution in [0.4, 0.5) is 14.5 Å². The maximum absolute atomic E-state index is 13.6. The van der Waals surface area contributed by atoms with Crippen LogP contribution in [0.2, 0.25) is 5.02 Å². The van der Waals surface area contributed by atoms with Crippen molar-refractivity contribution in [1.82, 2.24) is 15.1 Å². The number of hydrogen-bond acceptors (Lipinski definition) is 8. The zero-order valence-electron chi connectivity index (χ0n) is 15.4. The molecule has 3 heterocycles. The number of hydrogen-bond donors (Lipinski definition) is 0. The molecule has 2 amide bonds. The number of imide groups is 1.